The third kappa shape index (κ3) is 4.34. The minimum Gasteiger partial charge on any atom is -0.475 e. The highest BCUT2D eigenvalue weighted by Crippen LogP contribution is 2.27. The molecule has 6 nitrogen and oxygen atoms in total. The van der Waals surface area contributed by atoms with Crippen LogP contribution in [0.1, 0.15) is 55.1 Å². The standard InChI is InChI=1S/C18H23N3O3S/c1-3-13-10-16(21-9-5-4-6-12(21)2)20-18(19-13)25-11-14-7-8-15(24-14)17(22)23/h7-8,10,12H,3-6,9,11H2,1-2H3,(H,22,23). The number of aromatic nitrogens is 2. The Morgan fingerprint density at radius 2 is 2.24 bits per heavy atom. The Kier molecular flexibility index (Phi) is 5.63. The third-order valence-electron chi connectivity index (χ3n) is 4.42. The number of carboxylic acids is 1. The molecule has 0 bridgehead atoms. The van der Waals surface area contributed by atoms with E-state index in [9.17, 15) is 4.79 Å². The molecule has 0 spiro atoms. The Balaban J connectivity index is 1.75. The summed E-state index contributed by atoms with van der Waals surface area (Å²) in [7, 11) is 0. The van der Waals surface area contributed by atoms with E-state index in [1.165, 1.54) is 37.1 Å². The first-order valence-electron chi connectivity index (χ1n) is 8.66. The molecular formula is C18H23N3O3S. The lowest BCUT2D eigenvalue weighted by Crippen LogP contribution is -2.38. The summed E-state index contributed by atoms with van der Waals surface area (Å²) in [6, 6.07) is 5.74. The normalized spacial score (nSPS) is 17.7. The number of carboxylic acid groups (broad SMARTS) is 1. The summed E-state index contributed by atoms with van der Waals surface area (Å²) < 4.78 is 5.30. The molecule has 1 unspecified atom stereocenters. The van der Waals surface area contributed by atoms with Crippen LogP contribution in [0.2, 0.25) is 0 Å². The molecule has 1 fully saturated rings. The molecule has 25 heavy (non-hydrogen) atoms. The van der Waals surface area contributed by atoms with E-state index in [1.807, 2.05) is 0 Å². The highest BCUT2D eigenvalue weighted by molar-refractivity contribution is 7.98. The van der Waals surface area contributed by atoms with Gasteiger partial charge >= 0.3 is 5.97 Å². The fourth-order valence-corrected chi connectivity index (χ4v) is 3.76. The van der Waals surface area contributed by atoms with Crippen molar-refractivity contribution in [3.8, 4) is 0 Å². The molecule has 1 N–H and O–H groups in total. The molecule has 0 saturated carbocycles. The van der Waals surface area contributed by atoms with Crippen LogP contribution in [0.4, 0.5) is 5.82 Å². The SMILES string of the molecule is CCc1cc(N2CCCCC2C)nc(SCc2ccc(C(=O)O)o2)n1. The lowest BCUT2D eigenvalue weighted by molar-refractivity contribution is 0.0661. The van der Waals surface area contributed by atoms with Crippen molar-refractivity contribution >= 4 is 23.5 Å². The Morgan fingerprint density at radius 3 is 2.92 bits per heavy atom. The van der Waals surface area contributed by atoms with Crippen LogP contribution in [-0.4, -0.2) is 33.6 Å². The van der Waals surface area contributed by atoms with Crippen LogP contribution in [-0.2, 0) is 12.2 Å². The van der Waals surface area contributed by atoms with Crippen molar-refractivity contribution < 1.29 is 14.3 Å². The van der Waals surface area contributed by atoms with E-state index < -0.39 is 5.97 Å². The van der Waals surface area contributed by atoms with Gasteiger partial charge in [-0.2, -0.15) is 0 Å². The molecule has 3 rings (SSSR count). The molecule has 134 valence electrons. The van der Waals surface area contributed by atoms with E-state index >= 15 is 0 Å². The summed E-state index contributed by atoms with van der Waals surface area (Å²) >= 11 is 1.47. The van der Waals surface area contributed by atoms with Crippen LogP contribution in [0.15, 0.2) is 27.8 Å². The zero-order valence-electron chi connectivity index (χ0n) is 14.6. The molecule has 0 aliphatic carbocycles. The lowest BCUT2D eigenvalue weighted by atomic mass is 10.0. The number of hydrogen-bond acceptors (Lipinski definition) is 6. The van der Waals surface area contributed by atoms with Crippen LogP contribution >= 0.6 is 11.8 Å². The number of furan rings is 1. The Morgan fingerprint density at radius 1 is 1.40 bits per heavy atom. The van der Waals surface area contributed by atoms with E-state index in [-0.39, 0.29) is 5.76 Å². The van der Waals surface area contributed by atoms with Crippen LogP contribution in [0.3, 0.4) is 0 Å². The van der Waals surface area contributed by atoms with E-state index in [2.05, 4.69) is 29.8 Å². The number of aryl methyl sites for hydroxylation is 1. The van der Waals surface area contributed by atoms with Gasteiger partial charge in [-0.25, -0.2) is 14.8 Å². The van der Waals surface area contributed by atoms with Gasteiger partial charge in [0.05, 0.1) is 5.75 Å². The van der Waals surface area contributed by atoms with Gasteiger partial charge in [-0.05, 0) is 44.7 Å². The van der Waals surface area contributed by atoms with Crippen LogP contribution in [0.25, 0.3) is 0 Å². The second kappa shape index (κ2) is 7.91. The highest BCUT2D eigenvalue weighted by atomic mass is 32.2. The average Bonchev–Trinajstić information content (AvgIpc) is 3.09. The Hall–Kier alpha value is -2.02. The van der Waals surface area contributed by atoms with Crippen LogP contribution in [0.5, 0.6) is 0 Å². The maximum Gasteiger partial charge on any atom is 0.371 e. The molecule has 0 aromatic carbocycles. The van der Waals surface area contributed by atoms with Crippen molar-refractivity contribution in [2.45, 2.75) is 56.5 Å². The van der Waals surface area contributed by atoms with Crippen molar-refractivity contribution in [2.24, 2.45) is 0 Å². The van der Waals surface area contributed by atoms with Gasteiger partial charge in [-0.1, -0.05) is 18.7 Å². The monoisotopic (exact) mass is 361 g/mol. The second-order valence-corrected chi connectivity index (χ2v) is 7.19. The molecule has 0 amide bonds. The molecule has 1 atom stereocenters. The van der Waals surface area contributed by atoms with Gasteiger partial charge < -0.3 is 14.4 Å². The lowest BCUT2D eigenvalue weighted by Gasteiger charge is -2.34. The third-order valence-corrected chi connectivity index (χ3v) is 5.29. The van der Waals surface area contributed by atoms with Crippen molar-refractivity contribution in [2.75, 3.05) is 11.4 Å². The van der Waals surface area contributed by atoms with E-state index in [0.717, 1.165) is 24.5 Å². The largest absolute Gasteiger partial charge is 0.475 e. The molecular weight excluding hydrogens is 338 g/mol. The number of nitrogens with zero attached hydrogens (tertiary/aromatic N) is 3. The molecule has 2 aromatic heterocycles. The van der Waals surface area contributed by atoms with Gasteiger partial charge in [-0.15, -0.1) is 0 Å². The van der Waals surface area contributed by atoms with Crippen molar-refractivity contribution in [3.05, 3.63) is 35.4 Å². The highest BCUT2D eigenvalue weighted by Gasteiger charge is 2.21. The van der Waals surface area contributed by atoms with Crippen LogP contribution in [0, 0.1) is 0 Å². The van der Waals surface area contributed by atoms with E-state index in [0.29, 0.717) is 22.7 Å². The number of piperidine rings is 1. The topological polar surface area (TPSA) is 79.5 Å². The molecule has 0 radical (unpaired) electrons. The van der Waals surface area contributed by atoms with Crippen molar-refractivity contribution in [1.82, 2.24) is 9.97 Å². The quantitative estimate of drug-likeness (QED) is 0.615. The zero-order valence-corrected chi connectivity index (χ0v) is 15.4. The minimum absolute atomic E-state index is 0.0401. The van der Waals surface area contributed by atoms with Crippen molar-refractivity contribution in [1.29, 1.82) is 0 Å². The fourth-order valence-electron chi connectivity index (χ4n) is 3.00. The van der Waals surface area contributed by atoms with Gasteiger partial charge in [0.25, 0.3) is 0 Å². The smallest absolute Gasteiger partial charge is 0.371 e. The summed E-state index contributed by atoms with van der Waals surface area (Å²) in [5.41, 5.74) is 1.02. The number of carbonyl (C=O) groups is 1. The Labute approximate surface area is 151 Å². The number of rotatable bonds is 6. The number of anilines is 1. The zero-order chi connectivity index (χ0) is 17.8. The number of aromatic carboxylic acids is 1. The first kappa shape index (κ1) is 17.8. The minimum atomic E-state index is -1.05. The predicted octanol–water partition coefficient (Wildman–Crippen LogP) is 4.00. The molecule has 7 heteroatoms. The fraction of sp³-hybridized carbons (Fsp3) is 0.500. The van der Waals surface area contributed by atoms with E-state index in [1.54, 1.807) is 6.07 Å². The summed E-state index contributed by atoms with van der Waals surface area (Å²) in [5.74, 6) is 1.02. The molecule has 2 aromatic rings. The first-order valence-corrected chi connectivity index (χ1v) is 9.64. The summed E-state index contributed by atoms with van der Waals surface area (Å²) in [6.07, 6.45) is 4.52. The second-order valence-electron chi connectivity index (χ2n) is 6.25. The first-order chi connectivity index (χ1) is 12.1. The number of thioether (sulfide) groups is 1. The predicted molar refractivity (Wildman–Crippen MR) is 97.3 cm³/mol. The van der Waals surface area contributed by atoms with Gasteiger partial charge in [0.2, 0.25) is 5.76 Å². The average molecular weight is 361 g/mol. The molecule has 1 aliphatic rings. The van der Waals surface area contributed by atoms with Crippen molar-refractivity contribution in [3.63, 3.8) is 0 Å². The van der Waals surface area contributed by atoms with Gasteiger partial charge in [0.1, 0.15) is 11.6 Å². The van der Waals surface area contributed by atoms with E-state index in [4.69, 9.17) is 14.5 Å². The number of hydrogen-bond donors (Lipinski definition) is 1. The Bertz CT molecular complexity index is 747. The van der Waals surface area contributed by atoms with Gasteiger partial charge in [-0.3, -0.25) is 0 Å². The molecule has 1 aliphatic heterocycles. The van der Waals surface area contributed by atoms with Gasteiger partial charge in [0, 0.05) is 24.3 Å². The molecule has 3 heterocycles. The van der Waals surface area contributed by atoms with Crippen LogP contribution < -0.4 is 4.90 Å². The maximum absolute atomic E-state index is 10.9. The summed E-state index contributed by atoms with van der Waals surface area (Å²) in [6.45, 7) is 5.37. The maximum atomic E-state index is 10.9. The molecule has 1 saturated heterocycles. The van der Waals surface area contributed by atoms with Gasteiger partial charge in [0.15, 0.2) is 5.16 Å². The summed E-state index contributed by atoms with van der Waals surface area (Å²) in [5, 5.41) is 9.64. The summed E-state index contributed by atoms with van der Waals surface area (Å²) in [4.78, 5) is 22.6.